The Labute approximate surface area is 130 Å². The molecule has 2 unspecified atom stereocenters. The first-order valence-electron chi connectivity index (χ1n) is 7.23. The Morgan fingerprint density at radius 3 is 2.41 bits per heavy atom. The van der Waals surface area contributed by atoms with Crippen molar-refractivity contribution in [1.82, 2.24) is 4.90 Å². The predicted octanol–water partition coefficient (Wildman–Crippen LogP) is 3.47. The van der Waals surface area contributed by atoms with Crippen molar-refractivity contribution >= 4 is 5.91 Å². The van der Waals surface area contributed by atoms with E-state index in [-0.39, 0.29) is 18.4 Å². The van der Waals surface area contributed by atoms with Crippen LogP contribution in [0.5, 0.6) is 0 Å². The minimum Gasteiger partial charge on any atom is -0.388 e. The Morgan fingerprint density at radius 2 is 1.77 bits per heavy atom. The first kappa shape index (κ1) is 16.2. The number of aliphatic hydroxyl groups is 1. The molecule has 4 heteroatoms. The number of rotatable bonds is 5. The smallest absolute Gasteiger partial charge is 0.225 e. The number of hydrogen-bond acceptors (Lipinski definition) is 2. The van der Waals surface area contributed by atoms with Crippen LogP contribution in [-0.4, -0.2) is 23.0 Å². The monoisotopic (exact) mass is 301 g/mol. The summed E-state index contributed by atoms with van der Waals surface area (Å²) in [4.78, 5) is 13.9. The second-order valence-electron chi connectivity index (χ2n) is 5.37. The second-order valence-corrected chi connectivity index (χ2v) is 5.37. The van der Waals surface area contributed by atoms with Gasteiger partial charge in [0.2, 0.25) is 5.91 Å². The zero-order valence-corrected chi connectivity index (χ0v) is 12.7. The molecule has 2 aromatic rings. The molecule has 0 saturated heterocycles. The third kappa shape index (κ3) is 3.92. The summed E-state index contributed by atoms with van der Waals surface area (Å²) in [5, 5.41) is 10.1. The van der Waals surface area contributed by atoms with E-state index in [0.29, 0.717) is 5.56 Å². The third-order valence-electron chi connectivity index (χ3n) is 3.86. The van der Waals surface area contributed by atoms with Crippen LogP contribution in [-0.2, 0) is 4.79 Å². The molecule has 0 heterocycles. The topological polar surface area (TPSA) is 40.5 Å². The van der Waals surface area contributed by atoms with Crippen molar-refractivity contribution in [2.45, 2.75) is 25.5 Å². The molecule has 116 valence electrons. The molecule has 0 saturated carbocycles. The molecular weight excluding hydrogens is 281 g/mol. The van der Waals surface area contributed by atoms with E-state index in [4.69, 9.17) is 0 Å². The first-order valence-corrected chi connectivity index (χ1v) is 7.23. The number of amides is 1. The Hall–Kier alpha value is -2.20. The normalized spacial score (nSPS) is 13.5. The van der Waals surface area contributed by atoms with Crippen LogP contribution in [0.1, 0.15) is 36.6 Å². The average Bonchev–Trinajstić information content (AvgIpc) is 2.54. The van der Waals surface area contributed by atoms with Crippen LogP contribution in [0, 0.1) is 5.82 Å². The highest BCUT2D eigenvalue weighted by Crippen LogP contribution is 2.23. The van der Waals surface area contributed by atoms with E-state index in [2.05, 4.69) is 0 Å². The molecule has 1 N–H and O–H groups in total. The number of hydrogen-bond donors (Lipinski definition) is 1. The maximum Gasteiger partial charge on any atom is 0.225 e. The van der Waals surface area contributed by atoms with E-state index >= 15 is 0 Å². The summed E-state index contributed by atoms with van der Waals surface area (Å²) in [6, 6.07) is 15.3. The molecule has 2 aromatic carbocycles. The van der Waals surface area contributed by atoms with Gasteiger partial charge in [-0.25, -0.2) is 4.39 Å². The van der Waals surface area contributed by atoms with Crippen molar-refractivity contribution in [3.63, 3.8) is 0 Å². The maximum atomic E-state index is 13.2. The molecule has 2 atom stereocenters. The molecule has 1 amide bonds. The van der Waals surface area contributed by atoms with Gasteiger partial charge in [0, 0.05) is 7.05 Å². The number of halogens is 1. The summed E-state index contributed by atoms with van der Waals surface area (Å²) in [5.41, 5.74) is 1.44. The third-order valence-corrected chi connectivity index (χ3v) is 3.86. The highest BCUT2D eigenvalue weighted by molar-refractivity contribution is 5.77. The van der Waals surface area contributed by atoms with Crippen molar-refractivity contribution in [1.29, 1.82) is 0 Å². The Bertz CT molecular complexity index is 630. The van der Waals surface area contributed by atoms with Gasteiger partial charge in [0.25, 0.3) is 0 Å². The number of carbonyl (C=O) groups excluding carboxylic acids is 1. The van der Waals surface area contributed by atoms with Crippen LogP contribution in [0.4, 0.5) is 4.39 Å². The molecule has 2 rings (SSSR count). The lowest BCUT2D eigenvalue weighted by atomic mass is 10.0. The lowest BCUT2D eigenvalue weighted by Crippen LogP contribution is -2.30. The zero-order valence-electron chi connectivity index (χ0n) is 12.7. The minimum absolute atomic E-state index is 0.0723. The fourth-order valence-corrected chi connectivity index (χ4v) is 2.31. The van der Waals surface area contributed by atoms with Crippen molar-refractivity contribution in [2.75, 3.05) is 7.05 Å². The molecule has 3 nitrogen and oxygen atoms in total. The SMILES string of the molecule is CC(c1ccccc1)N(C)C(=O)CC(O)c1cccc(F)c1. The van der Waals surface area contributed by atoms with Crippen LogP contribution < -0.4 is 0 Å². The zero-order chi connectivity index (χ0) is 16.1. The largest absolute Gasteiger partial charge is 0.388 e. The standard InChI is InChI=1S/C18H20FNO2/c1-13(14-7-4-3-5-8-14)20(2)18(22)12-17(21)15-9-6-10-16(19)11-15/h3-11,13,17,21H,12H2,1-2H3. The maximum absolute atomic E-state index is 13.2. The predicted molar refractivity (Wildman–Crippen MR) is 83.6 cm³/mol. The van der Waals surface area contributed by atoms with Gasteiger partial charge >= 0.3 is 0 Å². The van der Waals surface area contributed by atoms with E-state index in [9.17, 15) is 14.3 Å². The fraction of sp³-hybridized carbons (Fsp3) is 0.278. The molecule has 0 aliphatic carbocycles. The molecule has 22 heavy (non-hydrogen) atoms. The Kier molecular flexibility index (Phi) is 5.28. The van der Waals surface area contributed by atoms with Crippen LogP contribution in [0.2, 0.25) is 0 Å². The Balaban J connectivity index is 2.02. The Morgan fingerprint density at radius 1 is 1.14 bits per heavy atom. The highest BCUT2D eigenvalue weighted by Gasteiger charge is 2.21. The van der Waals surface area contributed by atoms with Gasteiger partial charge in [-0.05, 0) is 30.2 Å². The van der Waals surface area contributed by atoms with E-state index < -0.39 is 11.9 Å². The number of nitrogens with zero attached hydrogens (tertiary/aromatic N) is 1. The van der Waals surface area contributed by atoms with Gasteiger partial charge in [-0.3, -0.25) is 4.79 Å². The van der Waals surface area contributed by atoms with Gasteiger partial charge in [-0.2, -0.15) is 0 Å². The van der Waals surface area contributed by atoms with Gasteiger partial charge in [0.1, 0.15) is 5.82 Å². The van der Waals surface area contributed by atoms with Crippen LogP contribution >= 0.6 is 0 Å². The average molecular weight is 301 g/mol. The van der Waals surface area contributed by atoms with E-state index in [0.717, 1.165) is 5.56 Å². The van der Waals surface area contributed by atoms with E-state index in [1.165, 1.54) is 18.2 Å². The van der Waals surface area contributed by atoms with Gasteiger partial charge in [0.15, 0.2) is 0 Å². The molecule has 0 radical (unpaired) electrons. The first-order chi connectivity index (χ1) is 10.5. The highest BCUT2D eigenvalue weighted by atomic mass is 19.1. The number of carbonyl (C=O) groups is 1. The van der Waals surface area contributed by atoms with E-state index in [1.807, 2.05) is 37.3 Å². The molecule has 0 bridgehead atoms. The molecule has 0 spiro atoms. The lowest BCUT2D eigenvalue weighted by Gasteiger charge is -2.26. The second kappa shape index (κ2) is 7.18. The number of benzene rings is 2. The lowest BCUT2D eigenvalue weighted by molar-refractivity contribution is -0.134. The van der Waals surface area contributed by atoms with Crippen LogP contribution in [0.15, 0.2) is 54.6 Å². The molecule has 0 fully saturated rings. The van der Waals surface area contributed by atoms with Gasteiger partial charge in [0.05, 0.1) is 18.6 Å². The van der Waals surface area contributed by atoms with Crippen molar-refractivity contribution in [3.05, 3.63) is 71.5 Å². The van der Waals surface area contributed by atoms with Gasteiger partial charge < -0.3 is 10.0 Å². The van der Waals surface area contributed by atoms with Crippen molar-refractivity contribution in [3.8, 4) is 0 Å². The van der Waals surface area contributed by atoms with Gasteiger partial charge in [-0.15, -0.1) is 0 Å². The summed E-state index contributed by atoms with van der Waals surface area (Å²) < 4.78 is 13.2. The summed E-state index contributed by atoms with van der Waals surface area (Å²) in [6.45, 7) is 1.93. The summed E-state index contributed by atoms with van der Waals surface area (Å²) in [6.07, 6.45) is -1.08. The minimum atomic E-state index is -1.01. The summed E-state index contributed by atoms with van der Waals surface area (Å²) in [7, 11) is 1.71. The number of aliphatic hydroxyl groups excluding tert-OH is 1. The van der Waals surface area contributed by atoms with Crippen molar-refractivity contribution < 1.29 is 14.3 Å². The molecule has 0 aliphatic rings. The van der Waals surface area contributed by atoms with E-state index in [1.54, 1.807) is 18.0 Å². The molecular formula is C18H20FNO2. The summed E-state index contributed by atoms with van der Waals surface area (Å²) in [5.74, 6) is -0.608. The van der Waals surface area contributed by atoms with Gasteiger partial charge in [-0.1, -0.05) is 42.5 Å². The molecule has 0 aliphatic heterocycles. The van der Waals surface area contributed by atoms with Crippen LogP contribution in [0.3, 0.4) is 0 Å². The van der Waals surface area contributed by atoms with Crippen molar-refractivity contribution in [2.24, 2.45) is 0 Å². The summed E-state index contributed by atoms with van der Waals surface area (Å²) >= 11 is 0. The molecule has 0 aromatic heterocycles. The van der Waals surface area contributed by atoms with Crippen LogP contribution in [0.25, 0.3) is 0 Å². The quantitative estimate of drug-likeness (QED) is 0.918. The fourth-order valence-electron chi connectivity index (χ4n) is 2.31.